The Morgan fingerprint density at radius 3 is 2.26 bits per heavy atom. The van der Waals surface area contributed by atoms with E-state index in [1.807, 2.05) is 4.90 Å². The number of likely N-dealkylation sites (tertiary alicyclic amines) is 1. The Morgan fingerprint density at radius 2 is 1.89 bits per heavy atom. The lowest BCUT2D eigenvalue weighted by Crippen LogP contribution is -2.56. The van der Waals surface area contributed by atoms with Crippen LogP contribution in [0.4, 0.5) is 0 Å². The zero-order valence-electron chi connectivity index (χ0n) is 11.3. The van der Waals surface area contributed by atoms with Crippen molar-refractivity contribution in [2.24, 2.45) is 17.1 Å². The summed E-state index contributed by atoms with van der Waals surface area (Å²) in [4.78, 5) is 26.3. The molecule has 0 radical (unpaired) electrons. The summed E-state index contributed by atoms with van der Waals surface area (Å²) >= 11 is 5.08. The number of nitrogens with one attached hydrogen (secondary N) is 1. The van der Waals surface area contributed by atoms with Crippen molar-refractivity contribution in [3.05, 3.63) is 0 Å². The molecule has 5 nitrogen and oxygen atoms in total. The summed E-state index contributed by atoms with van der Waals surface area (Å²) in [7, 11) is 1.65. The Morgan fingerprint density at radius 1 is 1.32 bits per heavy atom. The lowest BCUT2D eigenvalue weighted by molar-refractivity contribution is -0.144. The molecule has 1 aliphatic carbocycles. The predicted molar refractivity (Wildman–Crippen MR) is 76.4 cm³/mol. The van der Waals surface area contributed by atoms with Crippen LogP contribution in [0.2, 0.25) is 0 Å². The average molecular weight is 283 g/mol. The second-order valence-corrected chi connectivity index (χ2v) is 5.92. The molecule has 3 N–H and O–H groups in total. The second-order valence-electron chi connectivity index (χ2n) is 5.48. The lowest BCUT2D eigenvalue weighted by atomic mass is 9.67. The van der Waals surface area contributed by atoms with E-state index in [-0.39, 0.29) is 17.7 Å². The number of piperidine rings is 1. The van der Waals surface area contributed by atoms with Crippen LogP contribution in [0, 0.1) is 11.3 Å². The molecule has 1 saturated carbocycles. The van der Waals surface area contributed by atoms with Crippen LogP contribution in [0.5, 0.6) is 0 Å². The minimum atomic E-state index is -0.588. The quantitative estimate of drug-likeness (QED) is 0.736. The number of amides is 2. The standard InChI is InChI=1S/C13H21N3O2S/c1-15-10(17)9-3-7-16(8-4-9)12(18)13(11(14)19)5-2-6-13/h9H,2-8H2,1H3,(H2,14,19)(H,15,17). The third-order valence-electron chi connectivity index (χ3n) is 4.49. The minimum absolute atomic E-state index is 0.0243. The van der Waals surface area contributed by atoms with Crippen molar-refractivity contribution in [1.82, 2.24) is 10.2 Å². The van der Waals surface area contributed by atoms with Gasteiger partial charge < -0.3 is 16.0 Å². The van der Waals surface area contributed by atoms with Gasteiger partial charge in [-0.05, 0) is 25.7 Å². The van der Waals surface area contributed by atoms with Crippen molar-refractivity contribution >= 4 is 29.0 Å². The molecular weight excluding hydrogens is 262 g/mol. The van der Waals surface area contributed by atoms with Gasteiger partial charge in [-0.15, -0.1) is 0 Å². The van der Waals surface area contributed by atoms with Crippen LogP contribution >= 0.6 is 12.2 Å². The van der Waals surface area contributed by atoms with Gasteiger partial charge in [-0.25, -0.2) is 0 Å². The SMILES string of the molecule is CNC(=O)C1CCN(C(=O)C2(C(N)=S)CCC2)CC1. The van der Waals surface area contributed by atoms with Crippen molar-refractivity contribution < 1.29 is 9.59 Å². The van der Waals surface area contributed by atoms with Crippen LogP contribution in [0.3, 0.4) is 0 Å². The number of rotatable bonds is 3. The smallest absolute Gasteiger partial charge is 0.235 e. The van der Waals surface area contributed by atoms with E-state index in [0.717, 1.165) is 32.1 Å². The Labute approximate surface area is 118 Å². The molecule has 0 aromatic carbocycles. The number of thiocarbonyl (C=S) groups is 1. The molecule has 0 aromatic rings. The summed E-state index contributed by atoms with van der Waals surface area (Å²) in [6.45, 7) is 1.25. The largest absolute Gasteiger partial charge is 0.392 e. The summed E-state index contributed by atoms with van der Waals surface area (Å²) < 4.78 is 0. The van der Waals surface area contributed by atoms with E-state index in [2.05, 4.69) is 5.32 Å². The third-order valence-corrected chi connectivity index (χ3v) is 4.88. The highest BCUT2D eigenvalue weighted by Crippen LogP contribution is 2.43. The van der Waals surface area contributed by atoms with E-state index in [1.165, 1.54) is 0 Å². The van der Waals surface area contributed by atoms with Gasteiger partial charge in [0.1, 0.15) is 0 Å². The van der Waals surface area contributed by atoms with Gasteiger partial charge in [0.05, 0.1) is 10.4 Å². The summed E-state index contributed by atoms with van der Waals surface area (Å²) in [6.07, 6.45) is 4.00. The van der Waals surface area contributed by atoms with Crippen molar-refractivity contribution in [3.8, 4) is 0 Å². The van der Waals surface area contributed by atoms with E-state index in [1.54, 1.807) is 7.05 Å². The molecule has 0 spiro atoms. The normalized spacial score (nSPS) is 22.5. The molecule has 19 heavy (non-hydrogen) atoms. The number of carbonyl (C=O) groups is 2. The first kappa shape index (κ1) is 14.2. The third kappa shape index (κ3) is 2.45. The molecule has 6 heteroatoms. The lowest BCUT2D eigenvalue weighted by Gasteiger charge is -2.44. The Hall–Kier alpha value is -1.17. The minimum Gasteiger partial charge on any atom is -0.392 e. The maximum absolute atomic E-state index is 12.5. The molecule has 1 saturated heterocycles. The summed E-state index contributed by atoms with van der Waals surface area (Å²) in [5, 5.41) is 2.67. The zero-order valence-corrected chi connectivity index (χ0v) is 12.1. The summed E-state index contributed by atoms with van der Waals surface area (Å²) in [5.41, 5.74) is 5.17. The van der Waals surface area contributed by atoms with Crippen molar-refractivity contribution in [2.45, 2.75) is 32.1 Å². The monoisotopic (exact) mass is 283 g/mol. The van der Waals surface area contributed by atoms with Crippen LogP contribution in [-0.2, 0) is 9.59 Å². The van der Waals surface area contributed by atoms with Crippen LogP contribution in [0.15, 0.2) is 0 Å². The number of nitrogens with zero attached hydrogens (tertiary/aromatic N) is 1. The first-order valence-corrected chi connectivity index (χ1v) is 7.23. The van der Waals surface area contributed by atoms with Crippen molar-refractivity contribution in [2.75, 3.05) is 20.1 Å². The summed E-state index contributed by atoms with van der Waals surface area (Å²) in [5.74, 6) is 0.164. The van der Waals surface area contributed by atoms with E-state index in [0.29, 0.717) is 18.1 Å². The van der Waals surface area contributed by atoms with E-state index >= 15 is 0 Å². The molecule has 0 bridgehead atoms. The van der Waals surface area contributed by atoms with Crippen molar-refractivity contribution in [3.63, 3.8) is 0 Å². The van der Waals surface area contributed by atoms with E-state index in [4.69, 9.17) is 18.0 Å². The molecule has 2 rings (SSSR count). The van der Waals surface area contributed by atoms with E-state index < -0.39 is 5.41 Å². The first-order valence-electron chi connectivity index (χ1n) is 6.82. The highest BCUT2D eigenvalue weighted by Gasteiger charge is 2.49. The summed E-state index contributed by atoms with van der Waals surface area (Å²) in [6, 6.07) is 0. The van der Waals surface area contributed by atoms with Gasteiger partial charge in [0, 0.05) is 26.1 Å². The molecule has 0 aromatic heterocycles. The van der Waals surface area contributed by atoms with Crippen LogP contribution < -0.4 is 11.1 Å². The van der Waals surface area contributed by atoms with Gasteiger partial charge in [0.15, 0.2) is 0 Å². The average Bonchev–Trinajstić information content (AvgIpc) is 2.36. The van der Waals surface area contributed by atoms with Crippen molar-refractivity contribution in [1.29, 1.82) is 0 Å². The molecule has 0 atom stereocenters. The number of hydrogen-bond donors (Lipinski definition) is 2. The van der Waals surface area contributed by atoms with Crippen LogP contribution in [0.25, 0.3) is 0 Å². The fourth-order valence-corrected chi connectivity index (χ4v) is 3.24. The van der Waals surface area contributed by atoms with Crippen LogP contribution in [0.1, 0.15) is 32.1 Å². The zero-order chi connectivity index (χ0) is 14.0. The molecular formula is C13H21N3O2S. The Balaban J connectivity index is 1.96. The number of hydrogen-bond acceptors (Lipinski definition) is 3. The highest BCUT2D eigenvalue weighted by molar-refractivity contribution is 7.80. The van der Waals surface area contributed by atoms with Crippen LogP contribution in [-0.4, -0.2) is 41.8 Å². The number of carbonyl (C=O) groups excluding carboxylic acids is 2. The fourth-order valence-electron chi connectivity index (χ4n) is 2.95. The predicted octanol–water partition coefficient (Wildman–Crippen LogP) is 0.427. The molecule has 1 heterocycles. The molecule has 2 fully saturated rings. The topological polar surface area (TPSA) is 75.4 Å². The second kappa shape index (κ2) is 5.45. The molecule has 1 aliphatic heterocycles. The molecule has 0 unspecified atom stereocenters. The molecule has 2 amide bonds. The maximum atomic E-state index is 12.5. The molecule has 2 aliphatic rings. The highest BCUT2D eigenvalue weighted by atomic mass is 32.1. The van der Waals surface area contributed by atoms with Gasteiger partial charge >= 0.3 is 0 Å². The van der Waals surface area contributed by atoms with Gasteiger partial charge in [-0.3, -0.25) is 9.59 Å². The van der Waals surface area contributed by atoms with Gasteiger partial charge in [0.25, 0.3) is 0 Å². The van der Waals surface area contributed by atoms with Gasteiger partial charge in [0.2, 0.25) is 11.8 Å². The van der Waals surface area contributed by atoms with E-state index in [9.17, 15) is 9.59 Å². The Bertz CT molecular complexity index is 399. The Kier molecular flexibility index (Phi) is 4.08. The first-order chi connectivity index (χ1) is 9.01. The maximum Gasteiger partial charge on any atom is 0.235 e. The van der Waals surface area contributed by atoms with Gasteiger partial charge in [-0.1, -0.05) is 18.6 Å². The fraction of sp³-hybridized carbons (Fsp3) is 0.769. The number of nitrogens with two attached hydrogens (primary N) is 1. The van der Waals surface area contributed by atoms with Gasteiger partial charge in [-0.2, -0.15) is 0 Å². The molecule has 106 valence electrons.